The molecule has 1 N–H and O–H groups in total. The van der Waals surface area contributed by atoms with Gasteiger partial charge in [0, 0.05) is 45.1 Å². The van der Waals surface area contributed by atoms with Crippen molar-refractivity contribution in [3.05, 3.63) is 167 Å². The lowest BCUT2D eigenvalue weighted by molar-refractivity contribution is -0.742. The normalized spacial score (nSPS) is 10.3. The minimum absolute atomic E-state index is 0.0158. The molecule has 4 aromatic carbocycles. The molecule has 0 spiro atoms. The predicted molar refractivity (Wildman–Crippen MR) is 193 cm³/mol. The summed E-state index contributed by atoms with van der Waals surface area (Å²) < 4.78 is 0. The van der Waals surface area contributed by atoms with Gasteiger partial charge >= 0.3 is 0 Å². The Morgan fingerprint density at radius 1 is 0.491 bits per heavy atom. The van der Waals surface area contributed by atoms with Crippen molar-refractivity contribution < 1.29 is 34.9 Å². The maximum absolute atomic E-state index is 11.4. The highest BCUT2D eigenvalue weighted by molar-refractivity contribution is 6.36. The fraction of sp³-hybridized carbons (Fsp3) is 0.143. The molecule has 0 aromatic heterocycles. The van der Waals surface area contributed by atoms with E-state index in [0.29, 0.717) is 15.6 Å². The summed E-state index contributed by atoms with van der Waals surface area (Å²) in [4.78, 5) is 60.5. The number of halogens is 6. The van der Waals surface area contributed by atoms with Crippen molar-refractivity contribution in [2.75, 3.05) is 0 Å². The van der Waals surface area contributed by atoms with E-state index in [9.17, 15) is 50.6 Å². The largest absolute Gasteiger partial charge is 0.328 e. The molecule has 0 amide bonds. The molecule has 0 atom stereocenters. The summed E-state index contributed by atoms with van der Waals surface area (Å²) in [6.45, 7) is 2.86. The third-order valence-electron chi connectivity index (χ3n) is 7.03. The van der Waals surface area contributed by atoms with E-state index in [1.165, 1.54) is 26.0 Å². The Morgan fingerprint density at radius 2 is 0.849 bits per heavy atom. The summed E-state index contributed by atoms with van der Waals surface area (Å²) in [6.07, 6.45) is -0.220. The number of nitro groups is 5. The molecule has 0 saturated heterocycles. The molecular formula is C28H18Cl6N6O13. The molecule has 4 aromatic rings. The number of nitro benzene ring substituents is 5. The first-order valence-corrected chi connectivity index (χ1v) is 15.9. The minimum atomic E-state index is -1.50. The summed E-state index contributed by atoms with van der Waals surface area (Å²) in [5, 5.41) is 69.9. The molecule has 0 aliphatic heterocycles. The molecule has 0 aliphatic rings. The highest BCUT2D eigenvalue weighted by Crippen LogP contribution is 2.41. The van der Waals surface area contributed by atoms with E-state index < -0.39 is 52.5 Å². The van der Waals surface area contributed by atoms with Crippen LogP contribution in [-0.2, 0) is 12.8 Å². The number of nitrogens with zero attached hydrogens (tertiary/aromatic N) is 6. The average Bonchev–Trinajstić information content (AvgIpc) is 3.03. The Morgan fingerprint density at radius 3 is 1.23 bits per heavy atom. The van der Waals surface area contributed by atoms with Crippen molar-refractivity contribution in [3.8, 4) is 0 Å². The van der Waals surface area contributed by atoms with E-state index in [4.69, 9.17) is 84.9 Å². The lowest BCUT2D eigenvalue weighted by Crippen LogP contribution is -2.05. The molecule has 280 valence electrons. The van der Waals surface area contributed by atoms with Gasteiger partial charge in [0.05, 0.1) is 47.3 Å². The fourth-order valence-electron chi connectivity index (χ4n) is 4.59. The maximum Gasteiger partial charge on any atom is 0.295 e. The van der Waals surface area contributed by atoms with Crippen molar-refractivity contribution in [1.82, 2.24) is 0 Å². The molecule has 0 heterocycles. The first-order valence-electron chi connectivity index (χ1n) is 13.6. The molecule has 0 aliphatic carbocycles. The quantitative estimate of drug-likeness (QED) is 0.121. The molecule has 0 fully saturated rings. The second-order valence-electron chi connectivity index (χ2n) is 10.2. The van der Waals surface area contributed by atoms with Crippen molar-refractivity contribution in [2.45, 2.75) is 26.7 Å². The number of hydrogen-bond donors (Lipinski definition) is 1. The Labute approximate surface area is 325 Å². The van der Waals surface area contributed by atoms with Crippen molar-refractivity contribution >= 4 is 98.0 Å². The number of rotatable bonds is 9. The zero-order chi connectivity index (χ0) is 40.6. The highest BCUT2D eigenvalue weighted by Gasteiger charge is 2.30. The van der Waals surface area contributed by atoms with Gasteiger partial charge in [0.15, 0.2) is 0 Å². The molecule has 0 bridgehead atoms. The van der Waals surface area contributed by atoms with Crippen LogP contribution in [0.4, 0.5) is 28.4 Å². The first kappa shape index (κ1) is 44.0. The van der Waals surface area contributed by atoms with Gasteiger partial charge in [-0.3, -0.25) is 50.6 Å². The van der Waals surface area contributed by atoms with Crippen LogP contribution in [0.5, 0.6) is 0 Å². The van der Waals surface area contributed by atoms with Gasteiger partial charge in [-0.1, -0.05) is 75.7 Å². The summed E-state index contributed by atoms with van der Waals surface area (Å²) in [7, 11) is 0. The molecule has 53 heavy (non-hydrogen) atoms. The van der Waals surface area contributed by atoms with E-state index in [1.807, 2.05) is 0 Å². The van der Waals surface area contributed by atoms with Gasteiger partial charge in [-0.15, -0.1) is 10.1 Å². The zero-order valence-electron chi connectivity index (χ0n) is 26.3. The van der Waals surface area contributed by atoms with Gasteiger partial charge in [0.1, 0.15) is 10.0 Å². The second-order valence-corrected chi connectivity index (χ2v) is 12.6. The van der Waals surface area contributed by atoms with Crippen molar-refractivity contribution in [2.24, 2.45) is 0 Å². The predicted octanol–water partition coefficient (Wildman–Crippen LogP) is 10.3. The highest BCUT2D eigenvalue weighted by atomic mass is 35.5. The van der Waals surface area contributed by atoms with Crippen LogP contribution >= 0.6 is 69.6 Å². The van der Waals surface area contributed by atoms with Gasteiger partial charge < -0.3 is 5.21 Å². The van der Waals surface area contributed by atoms with Crippen molar-refractivity contribution in [1.29, 1.82) is 0 Å². The molecule has 4 rings (SSSR count). The van der Waals surface area contributed by atoms with Crippen LogP contribution in [0.2, 0.25) is 30.1 Å². The van der Waals surface area contributed by atoms with E-state index >= 15 is 0 Å². The molecule has 0 saturated carbocycles. The second kappa shape index (κ2) is 18.5. The van der Waals surface area contributed by atoms with Crippen LogP contribution in [0.1, 0.15) is 33.4 Å². The molecule has 25 heteroatoms. The van der Waals surface area contributed by atoms with Gasteiger partial charge in [0.25, 0.3) is 33.5 Å². The van der Waals surface area contributed by atoms with Crippen LogP contribution in [-0.4, -0.2) is 34.9 Å². The Hall–Kier alpha value is -5.18. The van der Waals surface area contributed by atoms with Crippen LogP contribution in [0.3, 0.4) is 0 Å². The number of hydrogen-bond acceptors (Lipinski definition) is 12. The van der Waals surface area contributed by atoms with Crippen LogP contribution in [0, 0.1) is 74.5 Å². The van der Waals surface area contributed by atoms with Gasteiger partial charge in [-0.25, -0.2) is 0 Å². The third kappa shape index (κ3) is 11.2. The SMILES string of the molecule is Cc1c(Cl)c([N+](=O)[O-])cc([N+](=O)[O-])c1Cc1c(Cl)cc(Cl)cc1[N+](=O)[O-].Cc1c(Cl)c([N+](=O)[O-])cc([N+](=O)[O-])c1Cc1ccc(Cl)cc1Cl.O=[N+]([O-])O. The summed E-state index contributed by atoms with van der Waals surface area (Å²) >= 11 is 35.7. The lowest BCUT2D eigenvalue weighted by atomic mass is 9.96. The van der Waals surface area contributed by atoms with Crippen molar-refractivity contribution in [3.63, 3.8) is 0 Å². The first-order chi connectivity index (χ1) is 24.5. The number of benzene rings is 4. The Kier molecular flexibility index (Phi) is 15.4. The van der Waals surface area contributed by atoms with Gasteiger partial charge in [-0.05, 0) is 48.7 Å². The molecule has 0 radical (unpaired) electrons. The van der Waals surface area contributed by atoms with Gasteiger partial charge in [-0.2, -0.15) is 0 Å². The lowest BCUT2D eigenvalue weighted by Gasteiger charge is -2.11. The minimum Gasteiger partial charge on any atom is -0.328 e. The average molecular weight is 859 g/mol. The smallest absolute Gasteiger partial charge is 0.295 e. The molecule has 19 nitrogen and oxygen atoms in total. The monoisotopic (exact) mass is 856 g/mol. The standard InChI is InChI=1S/C14H8Cl3N3O6.C14H9Cl3N2O4.HNO3/c1-6-8(12(19(23)24)5-13(14(6)17)20(25)26)4-9-10(16)2-7(15)3-11(9)18(21)22;1-7-10(4-8-2-3-9(15)5-11(8)16)12(18(20)21)6-13(14(7)17)19(22)23;2-1(3)4/h2-3,5H,4H2,1H3;2-3,5-6H,4H2,1H3;(H,2,3,4). The molecule has 0 unspecified atom stereocenters. The summed E-state index contributed by atoms with van der Waals surface area (Å²) in [5.41, 5.74) is -1.32. The summed E-state index contributed by atoms with van der Waals surface area (Å²) in [6, 6.07) is 8.69. The Balaban J connectivity index is 0.000000335. The maximum atomic E-state index is 11.4. The van der Waals surface area contributed by atoms with E-state index in [2.05, 4.69) is 0 Å². The molecular weight excluding hydrogens is 841 g/mol. The van der Waals surface area contributed by atoms with Crippen LogP contribution in [0.15, 0.2) is 42.5 Å². The van der Waals surface area contributed by atoms with E-state index in [-0.39, 0.29) is 66.4 Å². The van der Waals surface area contributed by atoms with Crippen LogP contribution in [0.25, 0.3) is 0 Å². The third-order valence-corrected chi connectivity index (χ3v) is 9.13. The topological polar surface area (TPSA) is 279 Å². The fourth-order valence-corrected chi connectivity index (χ4v) is 6.09. The van der Waals surface area contributed by atoms with E-state index in [0.717, 1.165) is 18.2 Å². The summed E-state index contributed by atoms with van der Waals surface area (Å²) in [5.74, 6) is 0. The Bertz CT molecular complexity index is 2180. The van der Waals surface area contributed by atoms with Crippen LogP contribution < -0.4 is 0 Å². The zero-order valence-corrected chi connectivity index (χ0v) is 30.8. The van der Waals surface area contributed by atoms with E-state index in [1.54, 1.807) is 12.1 Å². The van der Waals surface area contributed by atoms with Gasteiger partial charge in [0.2, 0.25) is 0 Å².